The van der Waals surface area contributed by atoms with Crippen LogP contribution in [0.2, 0.25) is 0 Å². The Hall–Kier alpha value is -4.47. The molecule has 5 rings (SSSR count). The lowest BCUT2D eigenvalue weighted by Crippen LogP contribution is -2.37. The Morgan fingerprint density at radius 3 is 2.40 bits per heavy atom. The molecule has 1 aliphatic heterocycles. The molecule has 0 saturated heterocycles. The third-order valence-corrected chi connectivity index (χ3v) is 6.13. The van der Waals surface area contributed by atoms with Crippen LogP contribution >= 0.6 is 0 Å². The maximum absolute atomic E-state index is 12.9. The molecule has 1 aliphatic rings. The van der Waals surface area contributed by atoms with E-state index in [4.69, 9.17) is 4.74 Å². The third-order valence-electron chi connectivity index (χ3n) is 6.13. The molecule has 3 heterocycles. The Kier molecular flexibility index (Phi) is 5.77. The molecular weight excluding hydrogens is 448 g/mol. The number of carbonyl (C=O) groups excluding carboxylic acids is 1. The van der Waals surface area contributed by atoms with Gasteiger partial charge in [-0.25, -0.2) is 14.6 Å². The SMILES string of the molecule is Cn1c(=O)c2c(ncn2CCOC(=O)C2=NN(c3ccccc3)C(c3ccccc3)C2)n(C)c1=O. The normalized spacial score (nSPS) is 15.4. The van der Waals surface area contributed by atoms with Gasteiger partial charge in [0.25, 0.3) is 5.56 Å². The Labute approximate surface area is 200 Å². The second kappa shape index (κ2) is 9.05. The first-order chi connectivity index (χ1) is 17.0. The Morgan fingerprint density at radius 2 is 1.69 bits per heavy atom. The maximum atomic E-state index is 12.9. The van der Waals surface area contributed by atoms with Crippen molar-refractivity contribution < 1.29 is 9.53 Å². The van der Waals surface area contributed by atoms with Gasteiger partial charge in [-0.1, -0.05) is 48.5 Å². The zero-order chi connectivity index (χ0) is 24.5. The van der Waals surface area contributed by atoms with Gasteiger partial charge in [0.2, 0.25) is 0 Å². The molecule has 2 aromatic carbocycles. The highest BCUT2D eigenvalue weighted by molar-refractivity contribution is 6.37. The van der Waals surface area contributed by atoms with Gasteiger partial charge in [0.05, 0.1) is 24.6 Å². The zero-order valence-electron chi connectivity index (χ0n) is 19.4. The summed E-state index contributed by atoms with van der Waals surface area (Å²) < 4.78 is 9.45. The first kappa shape index (κ1) is 22.3. The van der Waals surface area contributed by atoms with Gasteiger partial charge in [-0.05, 0) is 17.7 Å². The summed E-state index contributed by atoms with van der Waals surface area (Å²) in [6.07, 6.45) is 1.88. The largest absolute Gasteiger partial charge is 0.459 e. The van der Waals surface area contributed by atoms with Crippen LogP contribution in [0, 0.1) is 0 Å². The molecule has 10 heteroatoms. The van der Waals surface area contributed by atoms with E-state index < -0.39 is 17.2 Å². The number of para-hydroxylation sites is 1. The van der Waals surface area contributed by atoms with Gasteiger partial charge in [-0.3, -0.25) is 18.9 Å². The van der Waals surface area contributed by atoms with E-state index in [0.29, 0.717) is 12.1 Å². The van der Waals surface area contributed by atoms with Crippen molar-refractivity contribution in [2.45, 2.75) is 19.0 Å². The van der Waals surface area contributed by atoms with Crippen LogP contribution in [-0.2, 0) is 30.2 Å². The number of aromatic nitrogens is 4. The van der Waals surface area contributed by atoms with Gasteiger partial charge < -0.3 is 9.30 Å². The van der Waals surface area contributed by atoms with Crippen molar-refractivity contribution in [1.29, 1.82) is 0 Å². The van der Waals surface area contributed by atoms with Crippen LogP contribution in [0.3, 0.4) is 0 Å². The molecule has 0 bridgehead atoms. The molecule has 0 aliphatic carbocycles. The minimum atomic E-state index is -0.505. The molecule has 178 valence electrons. The summed E-state index contributed by atoms with van der Waals surface area (Å²) in [6.45, 7) is 0.240. The van der Waals surface area contributed by atoms with E-state index in [-0.39, 0.29) is 30.4 Å². The number of fused-ring (bicyclic) bond motifs is 1. The molecular formula is C25H24N6O4. The fourth-order valence-corrected chi connectivity index (χ4v) is 4.27. The molecule has 35 heavy (non-hydrogen) atoms. The molecule has 4 aromatic rings. The number of imidazole rings is 1. The van der Waals surface area contributed by atoms with Crippen LogP contribution in [0.5, 0.6) is 0 Å². The topological polar surface area (TPSA) is 104 Å². The minimum Gasteiger partial charge on any atom is -0.459 e. The fourth-order valence-electron chi connectivity index (χ4n) is 4.27. The van der Waals surface area contributed by atoms with Crippen LogP contribution in [0.25, 0.3) is 11.2 Å². The molecule has 10 nitrogen and oxygen atoms in total. The standard InChI is InChI=1S/C25H24N6O4/c1-28-22-21(23(32)29(2)25(28)34)30(16-26-22)13-14-35-24(33)19-15-20(17-9-5-3-6-10-17)31(27-19)18-11-7-4-8-12-18/h3-12,16,20H,13-15H2,1-2H3. The number of hydrazone groups is 1. The van der Waals surface area contributed by atoms with Crippen molar-refractivity contribution in [3.05, 3.63) is 93.4 Å². The van der Waals surface area contributed by atoms with Crippen molar-refractivity contribution in [2.75, 3.05) is 11.6 Å². The first-order valence-electron chi connectivity index (χ1n) is 11.2. The molecule has 2 aromatic heterocycles. The van der Waals surface area contributed by atoms with Crippen LogP contribution in [0.4, 0.5) is 5.69 Å². The Balaban J connectivity index is 1.33. The van der Waals surface area contributed by atoms with Crippen molar-refractivity contribution >= 4 is 28.5 Å². The van der Waals surface area contributed by atoms with E-state index in [1.807, 2.05) is 65.7 Å². The summed E-state index contributed by atoms with van der Waals surface area (Å²) in [5.41, 5.74) is 1.93. The van der Waals surface area contributed by atoms with Crippen molar-refractivity contribution in [3.63, 3.8) is 0 Å². The van der Waals surface area contributed by atoms with Crippen molar-refractivity contribution in [3.8, 4) is 0 Å². The number of ether oxygens (including phenoxy) is 1. The molecule has 0 amide bonds. The molecule has 0 spiro atoms. The highest BCUT2D eigenvalue weighted by atomic mass is 16.5. The number of carbonyl (C=O) groups is 1. The number of benzene rings is 2. The van der Waals surface area contributed by atoms with Gasteiger partial charge >= 0.3 is 11.7 Å². The molecule has 0 N–H and O–H groups in total. The van der Waals surface area contributed by atoms with Crippen LogP contribution in [0.1, 0.15) is 18.0 Å². The number of anilines is 1. The van der Waals surface area contributed by atoms with Gasteiger partial charge in [0.15, 0.2) is 11.2 Å². The summed E-state index contributed by atoms with van der Waals surface area (Å²) in [5.74, 6) is -0.505. The van der Waals surface area contributed by atoms with E-state index in [2.05, 4.69) is 10.1 Å². The van der Waals surface area contributed by atoms with E-state index in [1.54, 1.807) is 11.6 Å². The smallest absolute Gasteiger partial charge is 0.354 e. The summed E-state index contributed by atoms with van der Waals surface area (Å²) >= 11 is 0. The monoisotopic (exact) mass is 472 g/mol. The second-order valence-electron chi connectivity index (χ2n) is 8.31. The van der Waals surface area contributed by atoms with Gasteiger partial charge in [0, 0.05) is 20.5 Å². The average molecular weight is 473 g/mol. The minimum absolute atomic E-state index is 0.0245. The molecule has 0 fully saturated rings. The average Bonchev–Trinajstić information content (AvgIpc) is 3.53. The summed E-state index contributed by atoms with van der Waals surface area (Å²) in [4.78, 5) is 41.8. The van der Waals surface area contributed by atoms with Gasteiger partial charge in [-0.15, -0.1) is 0 Å². The third kappa shape index (κ3) is 4.03. The second-order valence-corrected chi connectivity index (χ2v) is 8.31. The van der Waals surface area contributed by atoms with Crippen molar-refractivity contribution in [1.82, 2.24) is 18.7 Å². The number of rotatable bonds is 6. The van der Waals surface area contributed by atoms with E-state index >= 15 is 0 Å². The lowest BCUT2D eigenvalue weighted by atomic mass is 10.0. The number of hydrogen-bond donors (Lipinski definition) is 0. The van der Waals surface area contributed by atoms with Crippen LogP contribution in [0.15, 0.2) is 81.7 Å². The van der Waals surface area contributed by atoms with Gasteiger partial charge in [-0.2, -0.15) is 5.10 Å². The lowest BCUT2D eigenvalue weighted by molar-refractivity contribution is -0.135. The Bertz CT molecular complexity index is 1540. The quantitative estimate of drug-likeness (QED) is 0.398. The van der Waals surface area contributed by atoms with E-state index in [9.17, 15) is 14.4 Å². The summed E-state index contributed by atoms with van der Waals surface area (Å²) in [7, 11) is 2.97. The first-order valence-corrected chi connectivity index (χ1v) is 11.2. The fraction of sp³-hybridized carbons (Fsp3) is 0.240. The number of hydrogen-bond acceptors (Lipinski definition) is 7. The summed E-state index contributed by atoms with van der Waals surface area (Å²) in [6, 6.07) is 19.5. The number of esters is 1. The molecule has 0 radical (unpaired) electrons. The van der Waals surface area contributed by atoms with Crippen LogP contribution in [-0.4, -0.2) is 37.0 Å². The highest BCUT2D eigenvalue weighted by Gasteiger charge is 2.33. The molecule has 1 atom stereocenters. The molecule has 0 saturated carbocycles. The predicted molar refractivity (Wildman–Crippen MR) is 131 cm³/mol. The summed E-state index contributed by atoms with van der Waals surface area (Å²) in [5, 5.41) is 6.44. The zero-order valence-corrected chi connectivity index (χ0v) is 19.4. The predicted octanol–water partition coefficient (Wildman–Crippen LogP) is 1.98. The number of aryl methyl sites for hydroxylation is 1. The lowest BCUT2D eigenvalue weighted by Gasteiger charge is -2.23. The Morgan fingerprint density at radius 1 is 1.00 bits per heavy atom. The van der Waals surface area contributed by atoms with Crippen molar-refractivity contribution in [2.24, 2.45) is 19.2 Å². The highest BCUT2D eigenvalue weighted by Crippen LogP contribution is 2.35. The number of nitrogens with zero attached hydrogens (tertiary/aromatic N) is 6. The maximum Gasteiger partial charge on any atom is 0.354 e. The van der Waals surface area contributed by atoms with Gasteiger partial charge in [0.1, 0.15) is 12.3 Å². The van der Waals surface area contributed by atoms with E-state index in [1.165, 1.54) is 17.9 Å². The van der Waals surface area contributed by atoms with E-state index in [0.717, 1.165) is 15.8 Å². The molecule has 1 unspecified atom stereocenters. The van der Waals surface area contributed by atoms with Crippen LogP contribution < -0.4 is 16.3 Å².